The highest BCUT2D eigenvalue weighted by molar-refractivity contribution is 6.00. The van der Waals surface area contributed by atoms with Crippen LogP contribution in [0.25, 0.3) is 0 Å². The van der Waals surface area contributed by atoms with Gasteiger partial charge in [-0.1, -0.05) is 18.2 Å². The molecule has 2 atom stereocenters. The Morgan fingerprint density at radius 1 is 0.816 bits per heavy atom. The molecule has 38 heavy (non-hydrogen) atoms. The Morgan fingerprint density at radius 3 is 2.05 bits per heavy atom. The van der Waals surface area contributed by atoms with Crippen LogP contribution in [0.3, 0.4) is 0 Å². The molecule has 0 aromatic heterocycles. The lowest BCUT2D eigenvalue weighted by molar-refractivity contribution is -0.125. The van der Waals surface area contributed by atoms with Crippen molar-refractivity contribution in [3.63, 3.8) is 0 Å². The number of piperidine rings is 1. The molecule has 1 aliphatic heterocycles. The molecule has 0 spiro atoms. The van der Waals surface area contributed by atoms with Crippen molar-refractivity contribution >= 4 is 23.2 Å². The lowest BCUT2D eigenvalue weighted by Gasteiger charge is -2.41. The van der Waals surface area contributed by atoms with E-state index in [1.165, 1.54) is 21.3 Å². The van der Waals surface area contributed by atoms with Gasteiger partial charge in [0.05, 0.1) is 53.2 Å². The smallest absolute Gasteiger partial charge is 0.229 e. The number of amides is 2. The molecule has 9 nitrogen and oxygen atoms in total. The lowest BCUT2D eigenvalue weighted by Crippen LogP contribution is -2.47. The molecule has 1 fully saturated rings. The van der Waals surface area contributed by atoms with Gasteiger partial charge in [0, 0.05) is 30.3 Å². The SMILES string of the molecule is COc1ccc([C@@H]2[C@@H](C(=O)Nc3cccc(OC)c3)CCC(=O)N2c2cc(OC)c(OC)c(OC)c2)cc1. The van der Waals surface area contributed by atoms with E-state index in [9.17, 15) is 9.59 Å². The Balaban J connectivity index is 1.80. The van der Waals surface area contributed by atoms with Gasteiger partial charge in [-0.2, -0.15) is 0 Å². The number of nitrogens with one attached hydrogen (secondary N) is 1. The van der Waals surface area contributed by atoms with E-state index in [-0.39, 0.29) is 18.2 Å². The number of carbonyl (C=O) groups is 2. The third-order valence-electron chi connectivity index (χ3n) is 6.66. The van der Waals surface area contributed by atoms with Crippen LogP contribution in [0.2, 0.25) is 0 Å². The van der Waals surface area contributed by atoms with E-state index in [0.29, 0.717) is 46.5 Å². The van der Waals surface area contributed by atoms with Crippen molar-refractivity contribution in [1.29, 1.82) is 0 Å². The van der Waals surface area contributed by atoms with Crippen molar-refractivity contribution in [2.75, 3.05) is 45.8 Å². The van der Waals surface area contributed by atoms with Gasteiger partial charge in [0.1, 0.15) is 11.5 Å². The summed E-state index contributed by atoms with van der Waals surface area (Å²) in [7, 11) is 7.72. The monoisotopic (exact) mass is 520 g/mol. The zero-order valence-corrected chi connectivity index (χ0v) is 22.1. The molecule has 1 heterocycles. The first kappa shape index (κ1) is 26.7. The van der Waals surface area contributed by atoms with Crippen LogP contribution in [0.5, 0.6) is 28.7 Å². The number of anilines is 2. The van der Waals surface area contributed by atoms with E-state index < -0.39 is 12.0 Å². The molecular weight excluding hydrogens is 488 g/mol. The van der Waals surface area contributed by atoms with Crippen LogP contribution >= 0.6 is 0 Å². The molecule has 1 aliphatic rings. The van der Waals surface area contributed by atoms with Crippen LogP contribution in [0.4, 0.5) is 11.4 Å². The second kappa shape index (κ2) is 11.8. The van der Waals surface area contributed by atoms with Gasteiger partial charge in [0.25, 0.3) is 0 Å². The topological polar surface area (TPSA) is 95.6 Å². The van der Waals surface area contributed by atoms with Crippen molar-refractivity contribution in [1.82, 2.24) is 0 Å². The summed E-state index contributed by atoms with van der Waals surface area (Å²) in [6, 6.07) is 17.4. The summed E-state index contributed by atoms with van der Waals surface area (Å²) in [6.07, 6.45) is 0.575. The molecule has 1 saturated heterocycles. The fourth-order valence-electron chi connectivity index (χ4n) is 4.80. The highest BCUT2D eigenvalue weighted by atomic mass is 16.5. The minimum Gasteiger partial charge on any atom is -0.497 e. The number of hydrogen-bond donors (Lipinski definition) is 1. The average Bonchev–Trinajstić information content (AvgIpc) is 2.96. The summed E-state index contributed by atoms with van der Waals surface area (Å²) in [4.78, 5) is 28.9. The molecule has 3 aromatic carbocycles. The van der Waals surface area contributed by atoms with Gasteiger partial charge in [-0.15, -0.1) is 0 Å². The maximum absolute atomic E-state index is 13.7. The number of ether oxygens (including phenoxy) is 5. The van der Waals surface area contributed by atoms with E-state index >= 15 is 0 Å². The summed E-state index contributed by atoms with van der Waals surface area (Å²) in [6.45, 7) is 0. The second-order valence-electron chi connectivity index (χ2n) is 8.73. The van der Waals surface area contributed by atoms with Gasteiger partial charge in [0.15, 0.2) is 11.5 Å². The largest absolute Gasteiger partial charge is 0.497 e. The third-order valence-corrected chi connectivity index (χ3v) is 6.66. The summed E-state index contributed by atoms with van der Waals surface area (Å²) in [5, 5.41) is 3.01. The molecule has 3 aromatic rings. The predicted molar refractivity (Wildman–Crippen MR) is 144 cm³/mol. The average molecular weight is 521 g/mol. The highest BCUT2D eigenvalue weighted by Crippen LogP contribution is 2.46. The van der Waals surface area contributed by atoms with Gasteiger partial charge in [-0.3, -0.25) is 9.59 Å². The van der Waals surface area contributed by atoms with Gasteiger partial charge in [-0.25, -0.2) is 0 Å². The normalized spacial score (nSPS) is 17.0. The minimum absolute atomic E-state index is 0.120. The zero-order chi connectivity index (χ0) is 27.2. The van der Waals surface area contributed by atoms with E-state index in [4.69, 9.17) is 23.7 Å². The zero-order valence-electron chi connectivity index (χ0n) is 22.1. The number of nitrogens with zero attached hydrogens (tertiary/aromatic N) is 1. The van der Waals surface area contributed by atoms with Gasteiger partial charge < -0.3 is 33.9 Å². The fourth-order valence-corrected chi connectivity index (χ4v) is 4.80. The number of methoxy groups -OCH3 is 5. The Kier molecular flexibility index (Phi) is 8.25. The van der Waals surface area contributed by atoms with Crippen LogP contribution in [-0.4, -0.2) is 47.4 Å². The molecular formula is C29H32N2O7. The Morgan fingerprint density at radius 2 is 1.47 bits per heavy atom. The van der Waals surface area contributed by atoms with E-state index in [1.54, 1.807) is 49.5 Å². The van der Waals surface area contributed by atoms with Crippen LogP contribution < -0.4 is 33.9 Å². The molecule has 0 saturated carbocycles. The summed E-state index contributed by atoms with van der Waals surface area (Å²) >= 11 is 0. The predicted octanol–water partition coefficient (Wildman–Crippen LogP) is 4.85. The van der Waals surface area contributed by atoms with Crippen LogP contribution in [0, 0.1) is 5.92 Å². The lowest BCUT2D eigenvalue weighted by atomic mass is 9.83. The first-order chi connectivity index (χ1) is 18.4. The molecule has 0 bridgehead atoms. The first-order valence-electron chi connectivity index (χ1n) is 12.1. The third kappa shape index (κ3) is 5.32. The van der Waals surface area contributed by atoms with Crippen molar-refractivity contribution in [3.05, 3.63) is 66.2 Å². The first-order valence-corrected chi connectivity index (χ1v) is 12.1. The molecule has 4 rings (SSSR count). The summed E-state index contributed by atoms with van der Waals surface area (Å²) in [5.41, 5.74) is 1.93. The van der Waals surface area contributed by atoms with E-state index in [1.807, 2.05) is 30.3 Å². The van der Waals surface area contributed by atoms with Crippen LogP contribution in [0.15, 0.2) is 60.7 Å². The molecule has 200 valence electrons. The molecule has 0 radical (unpaired) electrons. The summed E-state index contributed by atoms with van der Waals surface area (Å²) < 4.78 is 27.2. The Hall–Kier alpha value is -4.40. The Labute approximate surface area is 222 Å². The Bertz CT molecular complexity index is 1270. The molecule has 9 heteroatoms. The van der Waals surface area contributed by atoms with Crippen molar-refractivity contribution < 1.29 is 33.3 Å². The van der Waals surface area contributed by atoms with Gasteiger partial charge in [0.2, 0.25) is 17.6 Å². The van der Waals surface area contributed by atoms with Gasteiger partial charge >= 0.3 is 0 Å². The fraction of sp³-hybridized carbons (Fsp3) is 0.310. The number of rotatable bonds is 9. The molecule has 0 unspecified atom stereocenters. The van der Waals surface area contributed by atoms with E-state index in [2.05, 4.69) is 5.32 Å². The van der Waals surface area contributed by atoms with Crippen molar-refractivity contribution in [2.45, 2.75) is 18.9 Å². The molecule has 2 amide bonds. The molecule has 0 aliphatic carbocycles. The number of benzene rings is 3. The minimum atomic E-state index is -0.601. The van der Waals surface area contributed by atoms with Crippen molar-refractivity contribution in [3.8, 4) is 28.7 Å². The number of hydrogen-bond acceptors (Lipinski definition) is 7. The standard InChI is InChI=1S/C29H32N2O7/c1-34-21-11-9-18(10-12-21)27-23(29(33)30-19-7-6-8-22(15-19)35-2)13-14-26(32)31(27)20-16-24(36-3)28(38-5)25(17-20)37-4/h6-12,15-17,23,27H,13-14H2,1-5H3,(H,30,33)/t23-,27+/m0/s1. The van der Waals surface area contributed by atoms with E-state index in [0.717, 1.165) is 5.56 Å². The maximum atomic E-state index is 13.7. The molecule has 1 N–H and O–H groups in total. The number of carbonyl (C=O) groups excluding carboxylic acids is 2. The summed E-state index contributed by atoms with van der Waals surface area (Å²) in [5.74, 6) is 1.66. The maximum Gasteiger partial charge on any atom is 0.229 e. The van der Waals surface area contributed by atoms with Crippen LogP contribution in [0.1, 0.15) is 24.4 Å². The highest BCUT2D eigenvalue weighted by Gasteiger charge is 2.42. The quantitative estimate of drug-likeness (QED) is 0.431. The van der Waals surface area contributed by atoms with Crippen LogP contribution in [-0.2, 0) is 9.59 Å². The second-order valence-corrected chi connectivity index (χ2v) is 8.73. The van der Waals surface area contributed by atoms with Crippen molar-refractivity contribution in [2.24, 2.45) is 5.92 Å². The van der Waals surface area contributed by atoms with Gasteiger partial charge in [-0.05, 0) is 36.2 Å².